The summed E-state index contributed by atoms with van der Waals surface area (Å²) < 4.78 is 16.2. The van der Waals surface area contributed by atoms with Crippen LogP contribution in [0, 0.1) is 6.92 Å². The normalized spacial score (nSPS) is 10.6. The topological polar surface area (TPSA) is 154 Å². The number of carbonyl (C=O) groups is 2. The highest BCUT2D eigenvalue weighted by molar-refractivity contribution is 9.10. The quantitative estimate of drug-likeness (QED) is 0.272. The zero-order chi connectivity index (χ0) is 24.5. The minimum Gasteiger partial charge on any atom is -0.493 e. The number of hydrogen-bond acceptors (Lipinski definition) is 9. The van der Waals surface area contributed by atoms with Gasteiger partial charge in [-0.1, -0.05) is 17.7 Å². The van der Waals surface area contributed by atoms with E-state index in [-0.39, 0.29) is 24.0 Å². The first-order valence-electron chi connectivity index (χ1n) is 10.3. The molecule has 0 saturated heterocycles. The molecule has 0 aliphatic heterocycles. The highest BCUT2D eigenvalue weighted by Gasteiger charge is 2.16. The standard InChI is InChI=1S/C22H25BrN6O5/c1-13-3-5-15(6-4-13)27-18(30)12-33-20-16(23)9-14(10-17(20)32-2)11-25-7-8-26-22(31)19-21(24)29-34-28-19/h3-6,9-10,25H,7-8,11-12H2,1-2H3,(H2,24,29)(H,26,31)(H,27,30). The third-order valence-corrected chi connectivity index (χ3v) is 5.21. The molecule has 0 aliphatic rings. The van der Waals surface area contributed by atoms with Crippen LogP contribution in [0.25, 0.3) is 0 Å². The van der Waals surface area contributed by atoms with E-state index in [0.29, 0.717) is 41.3 Å². The van der Waals surface area contributed by atoms with Crippen molar-refractivity contribution in [2.45, 2.75) is 13.5 Å². The van der Waals surface area contributed by atoms with Crippen molar-refractivity contribution in [3.05, 3.63) is 57.7 Å². The van der Waals surface area contributed by atoms with Crippen LogP contribution in [0.1, 0.15) is 21.6 Å². The number of ether oxygens (including phenoxy) is 2. The highest BCUT2D eigenvalue weighted by atomic mass is 79.9. The van der Waals surface area contributed by atoms with Crippen molar-refractivity contribution in [2.75, 3.05) is 37.9 Å². The number of anilines is 2. The van der Waals surface area contributed by atoms with Gasteiger partial charge < -0.3 is 31.2 Å². The number of nitrogens with one attached hydrogen (secondary N) is 3. The third-order valence-electron chi connectivity index (χ3n) is 4.62. The Bertz CT molecular complexity index is 1140. The highest BCUT2D eigenvalue weighted by Crippen LogP contribution is 2.36. The molecule has 180 valence electrons. The van der Waals surface area contributed by atoms with Crippen molar-refractivity contribution in [2.24, 2.45) is 0 Å². The van der Waals surface area contributed by atoms with Crippen molar-refractivity contribution >= 4 is 39.2 Å². The summed E-state index contributed by atoms with van der Waals surface area (Å²) in [6, 6.07) is 11.2. The third kappa shape index (κ3) is 6.93. The van der Waals surface area contributed by atoms with Crippen LogP contribution in [0.5, 0.6) is 11.5 Å². The SMILES string of the molecule is COc1cc(CNCCNC(=O)c2nonc2N)cc(Br)c1OCC(=O)Nc1ccc(C)cc1. The van der Waals surface area contributed by atoms with E-state index in [4.69, 9.17) is 15.2 Å². The molecule has 5 N–H and O–H groups in total. The zero-order valence-electron chi connectivity index (χ0n) is 18.7. The summed E-state index contributed by atoms with van der Waals surface area (Å²) in [5.74, 6) is 0.108. The summed E-state index contributed by atoms with van der Waals surface area (Å²) in [5.41, 5.74) is 8.16. The van der Waals surface area contributed by atoms with E-state index in [1.54, 1.807) is 0 Å². The Labute approximate surface area is 204 Å². The van der Waals surface area contributed by atoms with Gasteiger partial charge in [0.2, 0.25) is 11.5 Å². The molecule has 34 heavy (non-hydrogen) atoms. The van der Waals surface area contributed by atoms with Gasteiger partial charge in [0.1, 0.15) is 0 Å². The summed E-state index contributed by atoms with van der Waals surface area (Å²) in [5, 5.41) is 15.5. The molecule has 12 heteroatoms. The first-order valence-corrected chi connectivity index (χ1v) is 11.1. The van der Waals surface area contributed by atoms with Gasteiger partial charge in [0, 0.05) is 25.3 Å². The molecule has 0 radical (unpaired) electrons. The molecular weight excluding hydrogens is 508 g/mol. The molecule has 0 spiro atoms. The second-order valence-electron chi connectivity index (χ2n) is 7.24. The van der Waals surface area contributed by atoms with E-state index in [1.165, 1.54) is 7.11 Å². The van der Waals surface area contributed by atoms with Crippen molar-refractivity contribution in [3.63, 3.8) is 0 Å². The molecule has 1 heterocycles. The number of hydrogen-bond donors (Lipinski definition) is 4. The summed E-state index contributed by atoms with van der Waals surface area (Å²) in [7, 11) is 1.53. The molecular formula is C22H25BrN6O5. The number of carbonyl (C=O) groups excluding carboxylic acids is 2. The number of aryl methyl sites for hydroxylation is 1. The Hall–Kier alpha value is -3.64. The molecule has 2 amide bonds. The number of methoxy groups -OCH3 is 1. The maximum atomic E-state index is 12.2. The summed E-state index contributed by atoms with van der Waals surface area (Å²) >= 11 is 3.48. The molecule has 0 fully saturated rings. The van der Waals surface area contributed by atoms with Crippen LogP contribution in [0.3, 0.4) is 0 Å². The number of nitrogens with two attached hydrogens (primary N) is 1. The van der Waals surface area contributed by atoms with E-state index in [0.717, 1.165) is 11.1 Å². The van der Waals surface area contributed by atoms with Gasteiger partial charge in [-0.2, -0.15) is 0 Å². The summed E-state index contributed by atoms with van der Waals surface area (Å²) in [6.45, 7) is 3.15. The van der Waals surface area contributed by atoms with Crippen molar-refractivity contribution in [1.82, 2.24) is 20.9 Å². The fraction of sp³-hybridized carbons (Fsp3) is 0.273. The average molecular weight is 533 g/mol. The maximum Gasteiger partial charge on any atom is 0.277 e. The molecule has 0 atom stereocenters. The molecule has 11 nitrogen and oxygen atoms in total. The molecule has 1 aromatic heterocycles. The fourth-order valence-electron chi connectivity index (χ4n) is 2.92. The Morgan fingerprint density at radius 3 is 2.59 bits per heavy atom. The predicted octanol–water partition coefficient (Wildman–Crippen LogP) is 2.27. The first kappa shape index (κ1) is 25.0. The van der Waals surface area contributed by atoms with E-state index in [1.807, 2.05) is 43.3 Å². The number of aromatic nitrogens is 2. The number of amides is 2. The molecule has 3 aromatic rings. The van der Waals surface area contributed by atoms with Crippen LogP contribution in [-0.4, -0.2) is 48.9 Å². The summed E-state index contributed by atoms with van der Waals surface area (Å²) in [6.07, 6.45) is 0. The Balaban J connectivity index is 1.47. The number of benzene rings is 2. The van der Waals surface area contributed by atoms with Gasteiger partial charge in [-0.15, -0.1) is 0 Å². The van der Waals surface area contributed by atoms with E-state index in [2.05, 4.69) is 46.8 Å². The van der Waals surface area contributed by atoms with E-state index < -0.39 is 5.91 Å². The van der Waals surface area contributed by atoms with E-state index in [9.17, 15) is 9.59 Å². The van der Waals surface area contributed by atoms with Crippen molar-refractivity contribution in [3.8, 4) is 11.5 Å². The molecule has 0 saturated carbocycles. The molecule has 0 aliphatic carbocycles. The van der Waals surface area contributed by atoms with Crippen LogP contribution < -0.4 is 31.2 Å². The smallest absolute Gasteiger partial charge is 0.277 e. The number of rotatable bonds is 11. The maximum absolute atomic E-state index is 12.2. The number of nitrogens with zero attached hydrogens (tertiary/aromatic N) is 2. The number of halogens is 1. The van der Waals surface area contributed by atoms with Crippen LogP contribution in [0.15, 0.2) is 45.5 Å². The lowest BCUT2D eigenvalue weighted by Crippen LogP contribution is -2.32. The van der Waals surface area contributed by atoms with Crippen LogP contribution in [0.2, 0.25) is 0 Å². The average Bonchev–Trinajstić information content (AvgIpc) is 3.25. The Morgan fingerprint density at radius 2 is 1.91 bits per heavy atom. The first-order chi connectivity index (χ1) is 16.4. The minimum absolute atomic E-state index is 0.0446. The van der Waals surface area contributed by atoms with E-state index >= 15 is 0 Å². The van der Waals surface area contributed by atoms with Gasteiger partial charge in [0.15, 0.2) is 18.1 Å². The van der Waals surface area contributed by atoms with Gasteiger partial charge in [-0.3, -0.25) is 9.59 Å². The lowest BCUT2D eigenvalue weighted by atomic mass is 10.2. The van der Waals surface area contributed by atoms with Gasteiger partial charge in [-0.25, -0.2) is 4.63 Å². The fourth-order valence-corrected chi connectivity index (χ4v) is 3.52. The Morgan fingerprint density at radius 1 is 1.15 bits per heavy atom. The van der Waals surface area contributed by atoms with Gasteiger partial charge >= 0.3 is 0 Å². The second-order valence-corrected chi connectivity index (χ2v) is 8.10. The molecule has 0 unspecified atom stereocenters. The molecule has 0 bridgehead atoms. The molecule has 2 aromatic carbocycles. The summed E-state index contributed by atoms with van der Waals surface area (Å²) in [4.78, 5) is 24.1. The molecule has 3 rings (SSSR count). The zero-order valence-corrected chi connectivity index (χ0v) is 20.3. The number of nitrogen functional groups attached to an aromatic ring is 1. The van der Waals surface area contributed by atoms with Gasteiger partial charge in [-0.05, 0) is 63.0 Å². The minimum atomic E-state index is -0.460. The Kier molecular flexibility index (Phi) is 8.82. The lowest BCUT2D eigenvalue weighted by molar-refractivity contribution is -0.118. The van der Waals surface area contributed by atoms with Crippen LogP contribution in [-0.2, 0) is 11.3 Å². The lowest BCUT2D eigenvalue weighted by Gasteiger charge is -2.15. The largest absolute Gasteiger partial charge is 0.493 e. The van der Waals surface area contributed by atoms with Gasteiger partial charge in [0.25, 0.3) is 11.8 Å². The monoisotopic (exact) mass is 532 g/mol. The van der Waals surface area contributed by atoms with Gasteiger partial charge in [0.05, 0.1) is 11.6 Å². The van der Waals surface area contributed by atoms with Crippen LogP contribution >= 0.6 is 15.9 Å². The van der Waals surface area contributed by atoms with Crippen LogP contribution in [0.4, 0.5) is 11.5 Å². The predicted molar refractivity (Wildman–Crippen MR) is 129 cm³/mol. The van der Waals surface area contributed by atoms with Crippen molar-refractivity contribution < 1.29 is 23.7 Å². The van der Waals surface area contributed by atoms with Crippen molar-refractivity contribution in [1.29, 1.82) is 0 Å². The second kappa shape index (κ2) is 12.0.